The molecule has 0 fully saturated rings. The van der Waals surface area contributed by atoms with Crippen molar-refractivity contribution in [2.45, 2.75) is 6.92 Å². The number of aromatic nitrogens is 4. The zero-order valence-electron chi connectivity index (χ0n) is 6.42. The van der Waals surface area contributed by atoms with E-state index < -0.39 is 0 Å². The summed E-state index contributed by atoms with van der Waals surface area (Å²) >= 11 is 6.60. The van der Waals surface area contributed by atoms with E-state index in [9.17, 15) is 0 Å². The SMILES string of the molecule is Cc1nc(I)n2nc(I)c(I)c2n1. The van der Waals surface area contributed by atoms with Crippen molar-refractivity contribution in [2.24, 2.45) is 0 Å². The first-order valence-corrected chi connectivity index (χ1v) is 6.57. The molecule has 2 aromatic heterocycles. The Bertz CT molecular complexity index is 478. The van der Waals surface area contributed by atoms with E-state index in [-0.39, 0.29) is 0 Å². The summed E-state index contributed by atoms with van der Waals surface area (Å²) in [5.41, 5.74) is 0.891. The Morgan fingerprint density at radius 1 is 1.15 bits per heavy atom. The quantitative estimate of drug-likeness (QED) is 0.510. The third kappa shape index (κ3) is 1.78. The molecule has 13 heavy (non-hydrogen) atoms. The lowest BCUT2D eigenvalue weighted by Crippen LogP contribution is -2.02. The highest BCUT2D eigenvalue weighted by Gasteiger charge is 2.11. The minimum atomic E-state index is 0.783. The summed E-state index contributed by atoms with van der Waals surface area (Å²) in [6.45, 7) is 1.89. The molecule has 0 unspecified atom stereocenters. The van der Waals surface area contributed by atoms with E-state index in [1.54, 1.807) is 4.52 Å². The topological polar surface area (TPSA) is 43.1 Å². The molecule has 0 saturated carbocycles. The van der Waals surface area contributed by atoms with Crippen LogP contribution in [0.3, 0.4) is 0 Å². The second kappa shape index (κ2) is 3.72. The first kappa shape index (κ1) is 10.3. The van der Waals surface area contributed by atoms with Crippen molar-refractivity contribution in [1.29, 1.82) is 0 Å². The fraction of sp³-hybridized carbons (Fsp3) is 0.167. The smallest absolute Gasteiger partial charge is 0.195 e. The van der Waals surface area contributed by atoms with Gasteiger partial charge in [0.05, 0.1) is 3.57 Å². The summed E-state index contributed by atoms with van der Waals surface area (Å²) < 4.78 is 4.66. The summed E-state index contributed by atoms with van der Waals surface area (Å²) in [6, 6.07) is 0. The average Bonchev–Trinajstić information content (AvgIpc) is 2.32. The maximum atomic E-state index is 4.33. The summed E-state index contributed by atoms with van der Waals surface area (Å²) in [4.78, 5) is 8.55. The molecule has 7 heteroatoms. The van der Waals surface area contributed by atoms with Gasteiger partial charge in [0.15, 0.2) is 9.48 Å². The van der Waals surface area contributed by atoms with Crippen molar-refractivity contribution in [1.82, 2.24) is 19.6 Å². The Morgan fingerprint density at radius 2 is 1.85 bits per heavy atom. The fourth-order valence-electron chi connectivity index (χ4n) is 0.949. The van der Waals surface area contributed by atoms with Gasteiger partial charge >= 0.3 is 0 Å². The number of nitrogens with zero attached hydrogens (tertiary/aromatic N) is 4. The molecule has 0 spiro atoms. The molecule has 2 aromatic rings. The highest BCUT2D eigenvalue weighted by atomic mass is 127. The van der Waals surface area contributed by atoms with E-state index in [0.29, 0.717) is 0 Å². The van der Waals surface area contributed by atoms with Gasteiger partial charge in [0.1, 0.15) is 9.53 Å². The normalized spacial score (nSPS) is 11.1. The maximum Gasteiger partial charge on any atom is 0.195 e. The second-order valence-corrected chi connectivity index (χ2v) is 5.45. The van der Waals surface area contributed by atoms with Gasteiger partial charge < -0.3 is 0 Å². The number of aryl methyl sites for hydroxylation is 1. The third-order valence-electron chi connectivity index (χ3n) is 1.46. The van der Waals surface area contributed by atoms with Crippen LogP contribution < -0.4 is 0 Å². The molecule has 68 valence electrons. The van der Waals surface area contributed by atoms with Gasteiger partial charge in [-0.25, -0.2) is 9.97 Å². The third-order valence-corrected chi connectivity index (χ3v) is 4.94. The van der Waals surface area contributed by atoms with Crippen LogP contribution in [0, 0.1) is 18.0 Å². The molecule has 0 radical (unpaired) electrons. The Balaban J connectivity index is 2.94. The molecule has 0 aliphatic carbocycles. The molecule has 4 nitrogen and oxygen atoms in total. The number of hydrogen-bond acceptors (Lipinski definition) is 3. The van der Waals surface area contributed by atoms with Gasteiger partial charge in [-0.1, -0.05) is 0 Å². The number of fused-ring (bicyclic) bond motifs is 1. The molecule has 2 rings (SSSR count). The minimum Gasteiger partial charge on any atom is -0.213 e. The predicted octanol–water partition coefficient (Wildman–Crippen LogP) is 2.25. The standard InChI is InChI=1S/C6H3I3N4/c1-2-10-5-3(7)4(8)12-13(5)6(9)11-2/h1H3. The Morgan fingerprint density at radius 3 is 2.54 bits per heavy atom. The summed E-state index contributed by atoms with van der Waals surface area (Å²) in [5.74, 6) is 0.783. The first-order chi connectivity index (χ1) is 6.09. The van der Waals surface area contributed by atoms with Gasteiger partial charge in [-0.3, -0.25) is 0 Å². The van der Waals surface area contributed by atoms with Crippen molar-refractivity contribution < 1.29 is 0 Å². The number of rotatable bonds is 0. The zero-order chi connectivity index (χ0) is 9.59. The zero-order valence-corrected chi connectivity index (χ0v) is 12.9. The van der Waals surface area contributed by atoms with Gasteiger partial charge in [0.25, 0.3) is 0 Å². The van der Waals surface area contributed by atoms with Gasteiger partial charge in [-0.2, -0.15) is 9.61 Å². The van der Waals surface area contributed by atoms with Gasteiger partial charge in [-0.05, 0) is 52.1 Å². The molecular formula is C6H3I3N4. The molecule has 0 aliphatic rings. The highest BCUT2D eigenvalue weighted by molar-refractivity contribution is 14.1. The summed E-state index contributed by atoms with van der Waals surface area (Å²) in [6.07, 6.45) is 0. The van der Waals surface area contributed by atoms with Crippen LogP contribution in [-0.2, 0) is 0 Å². The average molecular weight is 512 g/mol. The highest BCUT2D eigenvalue weighted by Crippen LogP contribution is 2.19. The fourth-order valence-corrected chi connectivity index (χ4v) is 2.55. The number of halogens is 3. The van der Waals surface area contributed by atoms with Crippen LogP contribution >= 0.6 is 67.8 Å². The monoisotopic (exact) mass is 512 g/mol. The maximum absolute atomic E-state index is 4.33. The lowest BCUT2D eigenvalue weighted by molar-refractivity contribution is 0.827. The van der Waals surface area contributed by atoms with E-state index >= 15 is 0 Å². The van der Waals surface area contributed by atoms with Crippen molar-refractivity contribution in [3.63, 3.8) is 0 Å². The van der Waals surface area contributed by atoms with Crippen LogP contribution in [0.5, 0.6) is 0 Å². The molecule has 0 N–H and O–H groups in total. The molecule has 0 saturated heterocycles. The largest absolute Gasteiger partial charge is 0.213 e. The van der Waals surface area contributed by atoms with E-state index in [0.717, 1.165) is 22.6 Å². The lowest BCUT2D eigenvalue weighted by Gasteiger charge is -1.96. The van der Waals surface area contributed by atoms with Crippen LogP contribution in [0.1, 0.15) is 5.82 Å². The van der Waals surface area contributed by atoms with E-state index in [2.05, 4.69) is 82.8 Å². The molecule has 0 atom stereocenters. The lowest BCUT2D eigenvalue weighted by atomic mass is 10.6. The molecule has 2 heterocycles. The van der Waals surface area contributed by atoms with Crippen molar-refractivity contribution in [3.8, 4) is 0 Å². The van der Waals surface area contributed by atoms with Crippen molar-refractivity contribution >= 4 is 73.4 Å². The van der Waals surface area contributed by atoms with Gasteiger partial charge in [-0.15, -0.1) is 0 Å². The van der Waals surface area contributed by atoms with Gasteiger partial charge in [0, 0.05) is 22.6 Å². The van der Waals surface area contributed by atoms with E-state index in [4.69, 9.17) is 0 Å². The first-order valence-electron chi connectivity index (χ1n) is 3.33. The van der Waals surface area contributed by atoms with Crippen LogP contribution in [-0.4, -0.2) is 19.6 Å². The van der Waals surface area contributed by atoms with Crippen molar-refractivity contribution in [2.75, 3.05) is 0 Å². The Labute approximate surface area is 115 Å². The van der Waals surface area contributed by atoms with Gasteiger partial charge in [0.2, 0.25) is 0 Å². The molecule has 0 aromatic carbocycles. The Hall–Kier alpha value is 0.740. The van der Waals surface area contributed by atoms with Crippen LogP contribution in [0.15, 0.2) is 0 Å². The van der Waals surface area contributed by atoms with Crippen LogP contribution in [0.2, 0.25) is 0 Å². The second-order valence-electron chi connectivity index (χ2n) is 2.38. The van der Waals surface area contributed by atoms with Crippen LogP contribution in [0.25, 0.3) is 5.65 Å². The molecule has 0 amide bonds. The predicted molar refractivity (Wildman–Crippen MR) is 73.7 cm³/mol. The minimum absolute atomic E-state index is 0.783. The van der Waals surface area contributed by atoms with E-state index in [1.165, 1.54) is 0 Å². The molecular weight excluding hydrogens is 509 g/mol. The number of hydrogen-bond donors (Lipinski definition) is 0. The Kier molecular flexibility index (Phi) is 2.93. The molecule has 0 aliphatic heterocycles. The summed E-state index contributed by atoms with van der Waals surface area (Å²) in [5, 5.41) is 4.32. The summed E-state index contributed by atoms with van der Waals surface area (Å²) in [7, 11) is 0. The van der Waals surface area contributed by atoms with Crippen LogP contribution in [0.4, 0.5) is 0 Å². The molecule has 0 bridgehead atoms. The van der Waals surface area contributed by atoms with Crippen molar-refractivity contribution in [3.05, 3.63) is 16.9 Å². The van der Waals surface area contributed by atoms with E-state index in [1.807, 2.05) is 6.92 Å².